The summed E-state index contributed by atoms with van der Waals surface area (Å²) in [6.07, 6.45) is 18.0. The first-order valence-electron chi connectivity index (χ1n) is 16.7. The SMILES string of the molecule is COc1ccc(-c2nn(C(c3ccccc3)(c3ccccc3)C3C=CC=CC3)cc2-c2ccc3ncc(-c4noc(C5CC5)n4)n3c2)cc1. The summed E-state index contributed by atoms with van der Waals surface area (Å²) < 4.78 is 15.4. The summed E-state index contributed by atoms with van der Waals surface area (Å²) >= 11 is 0. The quantitative estimate of drug-likeness (QED) is 0.157. The van der Waals surface area contributed by atoms with Gasteiger partial charge in [0.15, 0.2) is 0 Å². The number of benzene rings is 3. The maximum absolute atomic E-state index is 5.62. The molecule has 0 saturated heterocycles. The molecule has 0 bridgehead atoms. The number of nitrogens with zero attached hydrogens (tertiary/aromatic N) is 6. The summed E-state index contributed by atoms with van der Waals surface area (Å²) in [5.41, 5.74) is 7.11. The molecule has 2 aliphatic rings. The molecular formula is C41H34N6O2. The van der Waals surface area contributed by atoms with E-state index in [0.29, 0.717) is 17.6 Å². The van der Waals surface area contributed by atoms with Gasteiger partial charge in [0, 0.05) is 40.9 Å². The highest BCUT2D eigenvalue weighted by Gasteiger charge is 2.44. The van der Waals surface area contributed by atoms with Crippen molar-refractivity contribution in [1.82, 2.24) is 29.3 Å². The second-order valence-electron chi connectivity index (χ2n) is 12.7. The molecule has 0 N–H and O–H groups in total. The van der Waals surface area contributed by atoms with Crippen LogP contribution in [-0.4, -0.2) is 36.4 Å². The van der Waals surface area contributed by atoms with Crippen molar-refractivity contribution in [2.24, 2.45) is 5.92 Å². The average molecular weight is 643 g/mol. The van der Waals surface area contributed by atoms with Gasteiger partial charge in [-0.1, -0.05) is 90.1 Å². The van der Waals surface area contributed by atoms with E-state index in [1.54, 1.807) is 7.11 Å². The first kappa shape index (κ1) is 29.1. The number of methoxy groups -OCH3 is 1. The Balaban J connectivity index is 1.28. The number of hydrogen-bond donors (Lipinski definition) is 0. The highest BCUT2D eigenvalue weighted by molar-refractivity contribution is 5.81. The predicted molar refractivity (Wildman–Crippen MR) is 189 cm³/mol. The smallest absolute Gasteiger partial charge is 0.230 e. The molecule has 240 valence electrons. The van der Waals surface area contributed by atoms with Gasteiger partial charge < -0.3 is 9.26 Å². The van der Waals surface area contributed by atoms with Crippen LogP contribution in [0, 0.1) is 5.92 Å². The maximum atomic E-state index is 5.62. The molecule has 0 amide bonds. The molecule has 1 unspecified atom stereocenters. The molecule has 7 aromatic rings. The van der Waals surface area contributed by atoms with E-state index in [9.17, 15) is 0 Å². The monoisotopic (exact) mass is 642 g/mol. The van der Waals surface area contributed by atoms with Crippen LogP contribution in [-0.2, 0) is 5.54 Å². The fraction of sp³-hybridized carbons (Fsp3) is 0.171. The Kier molecular flexibility index (Phi) is 7.08. The van der Waals surface area contributed by atoms with E-state index in [2.05, 4.69) is 130 Å². The lowest BCUT2D eigenvalue weighted by molar-refractivity contribution is 0.293. The van der Waals surface area contributed by atoms with Crippen LogP contribution in [0.5, 0.6) is 5.75 Å². The minimum atomic E-state index is -0.642. The van der Waals surface area contributed by atoms with Gasteiger partial charge in [-0.3, -0.25) is 9.08 Å². The van der Waals surface area contributed by atoms with Crippen molar-refractivity contribution >= 4 is 5.65 Å². The van der Waals surface area contributed by atoms with Crippen molar-refractivity contribution in [3.63, 3.8) is 0 Å². The average Bonchev–Trinajstić information content (AvgIpc) is 3.52. The van der Waals surface area contributed by atoms with Crippen LogP contribution in [0.3, 0.4) is 0 Å². The van der Waals surface area contributed by atoms with Crippen LogP contribution in [0.2, 0.25) is 0 Å². The van der Waals surface area contributed by atoms with Crippen LogP contribution >= 0.6 is 0 Å². The number of aromatic nitrogens is 6. The molecule has 1 fully saturated rings. The Morgan fingerprint density at radius 3 is 2.22 bits per heavy atom. The molecule has 4 heterocycles. The third kappa shape index (κ3) is 4.99. The van der Waals surface area contributed by atoms with Gasteiger partial charge in [0.05, 0.1) is 13.3 Å². The number of ether oxygens (including phenoxy) is 1. The number of allylic oxidation sites excluding steroid dienone is 4. The predicted octanol–water partition coefficient (Wildman–Crippen LogP) is 8.73. The number of rotatable bonds is 9. The molecular weight excluding hydrogens is 608 g/mol. The fourth-order valence-electron chi connectivity index (χ4n) is 7.17. The lowest BCUT2D eigenvalue weighted by Crippen LogP contribution is -2.43. The van der Waals surface area contributed by atoms with E-state index in [4.69, 9.17) is 19.3 Å². The van der Waals surface area contributed by atoms with Crippen molar-refractivity contribution in [3.8, 4) is 39.7 Å². The van der Waals surface area contributed by atoms with E-state index in [1.165, 1.54) is 0 Å². The maximum Gasteiger partial charge on any atom is 0.230 e. The van der Waals surface area contributed by atoms with Crippen molar-refractivity contribution in [2.75, 3.05) is 7.11 Å². The van der Waals surface area contributed by atoms with Crippen LogP contribution < -0.4 is 4.74 Å². The zero-order chi connectivity index (χ0) is 32.8. The van der Waals surface area contributed by atoms with Gasteiger partial charge in [-0.05, 0) is 66.8 Å². The molecule has 0 aliphatic heterocycles. The minimum absolute atomic E-state index is 0.0976. The highest BCUT2D eigenvalue weighted by Crippen LogP contribution is 2.46. The van der Waals surface area contributed by atoms with E-state index in [0.717, 1.165) is 69.9 Å². The van der Waals surface area contributed by atoms with Crippen molar-refractivity contribution in [2.45, 2.75) is 30.7 Å². The van der Waals surface area contributed by atoms with E-state index in [1.807, 2.05) is 28.8 Å². The third-order valence-corrected chi connectivity index (χ3v) is 9.80. The Morgan fingerprint density at radius 1 is 0.816 bits per heavy atom. The molecule has 4 aromatic heterocycles. The fourth-order valence-corrected chi connectivity index (χ4v) is 7.17. The zero-order valence-electron chi connectivity index (χ0n) is 27.1. The molecule has 1 atom stereocenters. The van der Waals surface area contributed by atoms with Gasteiger partial charge in [0.25, 0.3) is 0 Å². The van der Waals surface area contributed by atoms with Crippen molar-refractivity contribution < 1.29 is 9.26 Å². The lowest BCUT2D eigenvalue weighted by Gasteiger charge is -2.41. The molecule has 3 aromatic carbocycles. The molecule has 8 nitrogen and oxygen atoms in total. The third-order valence-electron chi connectivity index (χ3n) is 9.80. The second-order valence-corrected chi connectivity index (χ2v) is 12.7. The Hall–Kier alpha value is -6.02. The molecule has 1 saturated carbocycles. The number of pyridine rings is 1. The summed E-state index contributed by atoms with van der Waals surface area (Å²) in [6.45, 7) is 0. The zero-order valence-corrected chi connectivity index (χ0v) is 27.1. The second kappa shape index (κ2) is 11.9. The molecule has 0 spiro atoms. The summed E-state index contributed by atoms with van der Waals surface area (Å²) in [5.74, 6) is 2.51. The number of imidazole rings is 1. The number of fused-ring (bicyclic) bond motifs is 1. The normalized spacial score (nSPS) is 16.0. The summed E-state index contributed by atoms with van der Waals surface area (Å²) in [6, 6.07) is 33.8. The number of hydrogen-bond acceptors (Lipinski definition) is 6. The van der Waals surface area contributed by atoms with Gasteiger partial charge >= 0.3 is 0 Å². The Labute approximate surface area is 284 Å². The van der Waals surface area contributed by atoms with Crippen LogP contribution in [0.15, 0.2) is 144 Å². The standard InChI is InChI=1S/C41H34N6O2/c1-48-34-22-19-28(20-23-34)38-35(30-21-24-37-42-25-36(46(37)26-30)39-43-40(49-45-39)29-17-18-29)27-47(44-38)41(31-11-5-2-6-12-31,32-13-7-3-8-14-32)33-15-9-4-10-16-33/h2-15,19-27,29,33H,16-18H2,1H3. The van der Waals surface area contributed by atoms with Gasteiger partial charge in [-0.2, -0.15) is 10.1 Å². The topological polar surface area (TPSA) is 83.3 Å². The van der Waals surface area contributed by atoms with Gasteiger partial charge in [-0.25, -0.2) is 4.98 Å². The van der Waals surface area contributed by atoms with E-state index in [-0.39, 0.29) is 5.92 Å². The van der Waals surface area contributed by atoms with Gasteiger partial charge in [0.1, 0.15) is 28.3 Å². The molecule has 8 heteroatoms. The summed E-state index contributed by atoms with van der Waals surface area (Å²) in [5, 5.41) is 9.87. The minimum Gasteiger partial charge on any atom is -0.497 e. The van der Waals surface area contributed by atoms with E-state index >= 15 is 0 Å². The molecule has 2 aliphatic carbocycles. The summed E-state index contributed by atoms with van der Waals surface area (Å²) in [4.78, 5) is 9.40. The van der Waals surface area contributed by atoms with Crippen molar-refractivity contribution in [1.29, 1.82) is 0 Å². The first-order valence-corrected chi connectivity index (χ1v) is 16.7. The highest BCUT2D eigenvalue weighted by atomic mass is 16.5. The van der Waals surface area contributed by atoms with Gasteiger partial charge in [0.2, 0.25) is 11.7 Å². The molecule has 49 heavy (non-hydrogen) atoms. The molecule has 0 radical (unpaired) electrons. The Bertz CT molecular complexity index is 2270. The molecule has 9 rings (SSSR count). The van der Waals surface area contributed by atoms with Crippen LogP contribution in [0.25, 0.3) is 39.5 Å². The van der Waals surface area contributed by atoms with E-state index < -0.39 is 5.54 Å². The lowest BCUT2D eigenvalue weighted by atomic mass is 9.70. The van der Waals surface area contributed by atoms with Crippen molar-refractivity contribution in [3.05, 3.63) is 157 Å². The first-order chi connectivity index (χ1) is 24.2. The largest absolute Gasteiger partial charge is 0.497 e. The Morgan fingerprint density at radius 2 is 1.55 bits per heavy atom. The van der Waals surface area contributed by atoms with Crippen LogP contribution in [0.4, 0.5) is 0 Å². The van der Waals surface area contributed by atoms with Crippen LogP contribution in [0.1, 0.15) is 42.2 Å². The van der Waals surface area contributed by atoms with Gasteiger partial charge in [-0.15, -0.1) is 0 Å². The summed E-state index contributed by atoms with van der Waals surface area (Å²) in [7, 11) is 1.69.